The molecule has 24 heavy (non-hydrogen) atoms. The van der Waals surface area contributed by atoms with E-state index < -0.39 is 22.5 Å². The van der Waals surface area contributed by atoms with Gasteiger partial charge >= 0.3 is 6.03 Å². The third kappa shape index (κ3) is 3.32. The number of urea groups is 1. The van der Waals surface area contributed by atoms with E-state index in [0.717, 1.165) is 0 Å². The van der Waals surface area contributed by atoms with E-state index in [1.54, 1.807) is 6.07 Å². The number of hydroxylamine groups is 2. The topological polar surface area (TPSA) is 218 Å². The monoisotopic (exact) mass is 365 g/mol. The van der Waals surface area contributed by atoms with Crippen molar-refractivity contribution >= 4 is 41.9 Å². The molecular formula is C11H20ClN7O5. The highest BCUT2D eigenvalue weighted by molar-refractivity contribution is 6.01. The molecular weight excluding hydrogens is 346 g/mol. The molecule has 0 saturated carbocycles. The van der Waals surface area contributed by atoms with Crippen LogP contribution in [0.3, 0.4) is 0 Å². The molecule has 1 unspecified atom stereocenters. The lowest BCUT2D eigenvalue weighted by Crippen LogP contribution is -3.17. The van der Waals surface area contributed by atoms with Gasteiger partial charge in [0.2, 0.25) is 5.95 Å². The van der Waals surface area contributed by atoms with E-state index in [1.165, 1.54) is 0 Å². The number of hydrogen-bond donors (Lipinski definition) is 4. The first kappa shape index (κ1) is 21.8. The van der Waals surface area contributed by atoms with E-state index in [1.807, 2.05) is 4.90 Å². The van der Waals surface area contributed by atoms with Gasteiger partial charge < -0.3 is 32.5 Å². The Morgan fingerprint density at radius 2 is 1.79 bits per heavy atom. The van der Waals surface area contributed by atoms with Gasteiger partial charge in [0.1, 0.15) is 11.6 Å². The Kier molecular flexibility index (Phi) is 6.84. The lowest BCUT2D eigenvalue weighted by molar-refractivity contribution is -0.804. The number of carbonyl (C=O) groups is 2. The molecule has 2 aliphatic rings. The predicted octanol–water partition coefficient (Wildman–Crippen LogP) is -3.62. The summed E-state index contributed by atoms with van der Waals surface area (Å²) in [7, 11) is 0. The number of quaternary nitrogens is 1. The number of nitrogen functional groups attached to an aromatic ring is 2. The first-order chi connectivity index (χ1) is 9.92. The van der Waals surface area contributed by atoms with Crippen LogP contribution < -0.4 is 26.7 Å². The highest BCUT2D eigenvalue weighted by Crippen LogP contribution is 2.26. The van der Waals surface area contributed by atoms with Crippen LogP contribution in [-0.2, 0) is 4.79 Å². The minimum atomic E-state index is -1.22. The number of amides is 3. The molecule has 3 amide bonds. The SMILES string of the molecule is Cl.Nc1cc(N2CCC3(CC2)C(=O)NC(=O)[NH+]3[O-])nc(N)n1.O.O. The number of nitrogens with zero attached hydrogens (tertiary/aromatic N) is 3. The number of piperidine rings is 1. The first-order valence-corrected chi connectivity index (χ1v) is 6.47. The van der Waals surface area contributed by atoms with Gasteiger partial charge in [0.05, 0.1) is 0 Å². The molecule has 1 aromatic heterocycles. The van der Waals surface area contributed by atoms with Gasteiger partial charge in [-0.05, 0) is 0 Å². The number of carbonyl (C=O) groups excluding carboxylic acids is 2. The zero-order chi connectivity index (χ0) is 15.2. The summed E-state index contributed by atoms with van der Waals surface area (Å²) >= 11 is 0. The first-order valence-electron chi connectivity index (χ1n) is 6.47. The predicted molar refractivity (Wildman–Crippen MR) is 87.4 cm³/mol. The zero-order valence-corrected chi connectivity index (χ0v) is 13.4. The number of nitrogens with two attached hydrogens (primary N) is 2. The summed E-state index contributed by atoms with van der Waals surface area (Å²) in [4.78, 5) is 33.0. The summed E-state index contributed by atoms with van der Waals surface area (Å²) in [5.41, 5.74) is 9.95. The molecule has 12 nitrogen and oxygen atoms in total. The molecule has 13 heteroatoms. The van der Waals surface area contributed by atoms with Crippen LogP contribution in [-0.4, -0.2) is 51.5 Å². The fourth-order valence-corrected chi connectivity index (χ4v) is 2.81. The van der Waals surface area contributed by atoms with Crippen LogP contribution >= 0.6 is 12.4 Å². The summed E-state index contributed by atoms with van der Waals surface area (Å²) in [6.07, 6.45) is 0.514. The number of rotatable bonds is 1. The van der Waals surface area contributed by atoms with Gasteiger partial charge in [-0.1, -0.05) is 0 Å². The number of halogens is 1. The number of imide groups is 1. The van der Waals surface area contributed by atoms with Crippen molar-refractivity contribution in [1.82, 2.24) is 15.3 Å². The minimum absolute atomic E-state index is 0. The van der Waals surface area contributed by atoms with Crippen molar-refractivity contribution in [2.75, 3.05) is 29.5 Å². The van der Waals surface area contributed by atoms with Gasteiger partial charge in [-0.25, -0.2) is 10.1 Å². The minimum Gasteiger partial charge on any atom is -0.625 e. The molecule has 0 radical (unpaired) electrons. The van der Waals surface area contributed by atoms with E-state index in [0.29, 0.717) is 18.9 Å². The maximum atomic E-state index is 11.9. The summed E-state index contributed by atoms with van der Waals surface area (Å²) in [5.74, 6) is 0.365. The molecule has 10 N–H and O–H groups in total. The number of nitrogens with one attached hydrogen (secondary N) is 2. The lowest BCUT2D eigenvalue weighted by Gasteiger charge is -2.40. The van der Waals surface area contributed by atoms with E-state index in [-0.39, 0.29) is 48.0 Å². The molecule has 2 aliphatic heterocycles. The van der Waals surface area contributed by atoms with Crippen molar-refractivity contribution in [2.24, 2.45) is 0 Å². The Hall–Kier alpha value is -2.25. The average molecular weight is 366 g/mol. The summed E-state index contributed by atoms with van der Waals surface area (Å²) in [6.45, 7) is 0.810. The van der Waals surface area contributed by atoms with Crippen LogP contribution in [0.1, 0.15) is 12.8 Å². The van der Waals surface area contributed by atoms with Gasteiger partial charge in [-0.2, -0.15) is 9.97 Å². The quantitative estimate of drug-likeness (QED) is 0.286. The molecule has 2 fully saturated rings. The Morgan fingerprint density at radius 1 is 1.21 bits per heavy atom. The highest BCUT2D eigenvalue weighted by Gasteiger charge is 2.55. The summed E-state index contributed by atoms with van der Waals surface area (Å²) in [6, 6.07) is 0.764. The maximum absolute atomic E-state index is 11.9. The number of anilines is 3. The molecule has 136 valence electrons. The van der Waals surface area contributed by atoms with Crippen LogP contribution in [0.15, 0.2) is 6.07 Å². The smallest absolute Gasteiger partial charge is 0.422 e. The van der Waals surface area contributed by atoms with Crippen LogP contribution in [0.2, 0.25) is 0 Å². The van der Waals surface area contributed by atoms with Crippen molar-refractivity contribution in [3.05, 3.63) is 11.3 Å². The molecule has 1 aromatic rings. The van der Waals surface area contributed by atoms with Crippen LogP contribution in [0.5, 0.6) is 0 Å². The lowest BCUT2D eigenvalue weighted by atomic mass is 9.87. The molecule has 1 spiro atoms. The number of hydrogen-bond acceptors (Lipinski definition) is 8. The molecule has 1 atom stereocenters. The largest absolute Gasteiger partial charge is 0.625 e. The van der Waals surface area contributed by atoms with Crippen LogP contribution in [0.25, 0.3) is 0 Å². The Bertz CT molecular complexity index is 603. The Balaban J connectivity index is 0.00000176. The molecule has 3 heterocycles. The molecule has 0 aliphatic carbocycles. The second-order valence-corrected chi connectivity index (χ2v) is 5.19. The third-order valence-corrected chi connectivity index (χ3v) is 3.99. The van der Waals surface area contributed by atoms with Crippen LogP contribution in [0, 0.1) is 5.21 Å². The second kappa shape index (κ2) is 7.55. The van der Waals surface area contributed by atoms with Gasteiger partial charge in [0, 0.05) is 32.0 Å². The van der Waals surface area contributed by atoms with E-state index in [4.69, 9.17) is 11.5 Å². The summed E-state index contributed by atoms with van der Waals surface area (Å²) in [5, 5.41) is 13.4. The highest BCUT2D eigenvalue weighted by atomic mass is 35.5. The van der Waals surface area contributed by atoms with Crippen molar-refractivity contribution in [3.63, 3.8) is 0 Å². The van der Waals surface area contributed by atoms with Crippen LogP contribution in [0.4, 0.5) is 22.4 Å². The molecule has 0 bridgehead atoms. The van der Waals surface area contributed by atoms with E-state index in [9.17, 15) is 14.8 Å². The normalized spacial score (nSPS) is 21.4. The van der Waals surface area contributed by atoms with Crippen molar-refractivity contribution in [1.29, 1.82) is 0 Å². The van der Waals surface area contributed by atoms with Gasteiger partial charge in [-0.3, -0.25) is 9.86 Å². The van der Waals surface area contributed by atoms with Gasteiger partial charge in [-0.15, -0.1) is 12.4 Å². The van der Waals surface area contributed by atoms with Gasteiger partial charge in [0.25, 0.3) is 5.91 Å². The fraction of sp³-hybridized carbons (Fsp3) is 0.455. The molecule has 3 rings (SSSR count). The van der Waals surface area contributed by atoms with Crippen molar-refractivity contribution in [3.8, 4) is 0 Å². The standard InChI is InChI=1S/C11H15N7O3.ClH.2H2O/c12-6-5-7(15-9(13)14-6)17-3-1-11(2-4-17)8(19)16-10(20)18(11)21;;;/h5,18H,1-4H2,(H,16,19,20)(H4,12,13,14,15);1H;2*1H2. The Morgan fingerprint density at radius 3 is 2.25 bits per heavy atom. The fourth-order valence-electron chi connectivity index (χ4n) is 2.81. The maximum Gasteiger partial charge on any atom is 0.422 e. The molecule has 0 aromatic carbocycles. The van der Waals surface area contributed by atoms with E-state index in [2.05, 4.69) is 15.3 Å². The van der Waals surface area contributed by atoms with Crippen molar-refractivity contribution < 1.29 is 25.6 Å². The van der Waals surface area contributed by atoms with Crippen molar-refractivity contribution in [2.45, 2.75) is 18.4 Å². The second-order valence-electron chi connectivity index (χ2n) is 5.19. The third-order valence-electron chi connectivity index (χ3n) is 3.99. The Labute approximate surface area is 142 Å². The van der Waals surface area contributed by atoms with Gasteiger partial charge in [0.15, 0.2) is 5.54 Å². The molecule has 2 saturated heterocycles. The summed E-state index contributed by atoms with van der Waals surface area (Å²) < 4.78 is 0. The van der Waals surface area contributed by atoms with E-state index >= 15 is 0 Å². The number of aromatic nitrogens is 2. The zero-order valence-electron chi connectivity index (χ0n) is 12.5. The average Bonchev–Trinajstić information content (AvgIpc) is 2.63.